The molecule has 2 heterocycles. The molecule has 2 atom stereocenters. The van der Waals surface area contributed by atoms with Crippen LogP contribution in [0, 0.1) is 5.92 Å². The highest BCUT2D eigenvalue weighted by Gasteiger charge is 2.67. The third-order valence-corrected chi connectivity index (χ3v) is 5.07. The number of methoxy groups -OCH3 is 2. The van der Waals surface area contributed by atoms with Crippen LogP contribution in [0.2, 0.25) is 0 Å². The molecular weight excluding hydrogens is 350 g/mol. The lowest BCUT2D eigenvalue weighted by molar-refractivity contribution is -0.166. The molecule has 0 bridgehead atoms. The summed E-state index contributed by atoms with van der Waals surface area (Å²) >= 11 is 0. The molecule has 27 heavy (non-hydrogen) atoms. The van der Waals surface area contributed by atoms with Gasteiger partial charge in [-0.3, -0.25) is 4.79 Å². The Balaban J connectivity index is 2.27. The van der Waals surface area contributed by atoms with E-state index < -0.39 is 35.4 Å². The molecule has 1 fully saturated rings. The summed E-state index contributed by atoms with van der Waals surface area (Å²) in [4.78, 5) is 39.9. The van der Waals surface area contributed by atoms with Crippen LogP contribution in [0.4, 0.5) is 0 Å². The largest absolute Gasteiger partial charge is 0.467 e. The van der Waals surface area contributed by atoms with Crippen LogP contribution in [0.15, 0.2) is 42.6 Å². The first-order chi connectivity index (χ1) is 12.9. The van der Waals surface area contributed by atoms with Gasteiger partial charge >= 0.3 is 17.9 Å². The number of carbonyl (C=O) groups is 3. The van der Waals surface area contributed by atoms with Crippen molar-refractivity contribution in [3.8, 4) is 0 Å². The van der Waals surface area contributed by atoms with Crippen LogP contribution >= 0.6 is 0 Å². The number of nitrogens with zero attached hydrogens (tertiary/aromatic N) is 1. The Labute approximate surface area is 157 Å². The average molecular weight is 371 g/mol. The fourth-order valence-electron chi connectivity index (χ4n) is 3.93. The number of hydrogen-bond donors (Lipinski definition) is 0. The van der Waals surface area contributed by atoms with Crippen LogP contribution in [-0.4, -0.2) is 49.2 Å². The summed E-state index contributed by atoms with van der Waals surface area (Å²) in [5.74, 6) is -3.22. The summed E-state index contributed by atoms with van der Waals surface area (Å²) in [7, 11) is 2.35. The highest BCUT2D eigenvalue weighted by Crippen LogP contribution is 2.54. The van der Waals surface area contributed by atoms with Crippen LogP contribution in [0.25, 0.3) is 6.08 Å². The Bertz CT molecular complexity index is 827. The first-order valence-electron chi connectivity index (χ1n) is 8.53. The van der Waals surface area contributed by atoms with Crippen LogP contribution in [0.5, 0.6) is 0 Å². The van der Waals surface area contributed by atoms with Gasteiger partial charge < -0.3 is 19.1 Å². The van der Waals surface area contributed by atoms with E-state index in [1.807, 2.05) is 24.3 Å². The molecule has 142 valence electrons. The van der Waals surface area contributed by atoms with Crippen molar-refractivity contribution in [1.29, 1.82) is 0 Å². The highest BCUT2D eigenvalue weighted by molar-refractivity contribution is 6.11. The van der Waals surface area contributed by atoms with Crippen LogP contribution in [-0.2, 0) is 28.6 Å². The van der Waals surface area contributed by atoms with E-state index >= 15 is 0 Å². The van der Waals surface area contributed by atoms with E-state index in [0.29, 0.717) is 0 Å². The molecule has 0 N–H and O–H groups in total. The third-order valence-electron chi connectivity index (χ3n) is 5.07. The number of benzene rings is 1. The lowest BCUT2D eigenvalue weighted by Gasteiger charge is -2.38. The van der Waals surface area contributed by atoms with Crippen molar-refractivity contribution in [1.82, 2.24) is 4.90 Å². The molecule has 2 aliphatic rings. The van der Waals surface area contributed by atoms with Gasteiger partial charge in [-0.15, -0.1) is 0 Å². The van der Waals surface area contributed by atoms with Crippen LogP contribution < -0.4 is 0 Å². The number of rotatable bonds is 4. The van der Waals surface area contributed by atoms with Gasteiger partial charge in [-0.25, -0.2) is 9.59 Å². The Morgan fingerprint density at radius 1 is 1.15 bits per heavy atom. The van der Waals surface area contributed by atoms with E-state index in [2.05, 4.69) is 6.58 Å². The number of ether oxygens (including phenoxy) is 3. The summed E-state index contributed by atoms with van der Waals surface area (Å²) in [6.45, 7) is 5.80. The Kier molecular flexibility index (Phi) is 4.78. The molecule has 0 aromatic heterocycles. The smallest absolute Gasteiger partial charge is 0.348 e. The molecule has 7 heteroatoms. The number of fused-ring (bicyclic) bond motifs is 3. The van der Waals surface area contributed by atoms with E-state index in [1.165, 1.54) is 19.1 Å². The van der Waals surface area contributed by atoms with E-state index in [-0.39, 0.29) is 12.2 Å². The normalized spacial score (nSPS) is 21.9. The predicted molar refractivity (Wildman–Crippen MR) is 96.1 cm³/mol. The third kappa shape index (κ3) is 2.45. The fraction of sp³-hybridized carbons (Fsp3) is 0.350. The molecule has 2 unspecified atom stereocenters. The molecule has 1 aromatic rings. The summed E-state index contributed by atoms with van der Waals surface area (Å²) in [6.07, 6.45) is 3.37. The minimum atomic E-state index is -1.96. The summed E-state index contributed by atoms with van der Waals surface area (Å²) in [6, 6.07) is 6.80. The lowest BCUT2D eigenvalue weighted by Crippen LogP contribution is -2.57. The molecule has 7 nitrogen and oxygen atoms in total. The lowest BCUT2D eigenvalue weighted by atomic mass is 9.83. The van der Waals surface area contributed by atoms with Crippen molar-refractivity contribution >= 4 is 24.0 Å². The van der Waals surface area contributed by atoms with Gasteiger partial charge in [0.15, 0.2) is 0 Å². The topological polar surface area (TPSA) is 82.1 Å². The molecule has 0 radical (unpaired) electrons. The molecule has 0 amide bonds. The standard InChI is InChI=1S/C20H21NO6/c1-5-27-17(22)15-12(2)20(18(23)25-3,19(24)26-4)21-11-10-13-8-6-7-9-14(13)16(15)21/h6-11,15-16H,2,5H2,1,3-4H3. The van der Waals surface area contributed by atoms with Crippen molar-refractivity contribution in [3.05, 3.63) is 53.7 Å². The number of carbonyl (C=O) groups excluding carboxylic acids is 3. The fourth-order valence-corrected chi connectivity index (χ4v) is 3.93. The minimum Gasteiger partial charge on any atom is -0.467 e. The van der Waals surface area contributed by atoms with Crippen LogP contribution in [0.1, 0.15) is 24.1 Å². The molecule has 0 spiro atoms. The van der Waals surface area contributed by atoms with Crippen molar-refractivity contribution in [2.45, 2.75) is 18.5 Å². The van der Waals surface area contributed by atoms with Gasteiger partial charge in [0.2, 0.25) is 0 Å². The average Bonchev–Trinajstić information content (AvgIpc) is 2.96. The Morgan fingerprint density at radius 2 is 1.78 bits per heavy atom. The SMILES string of the molecule is C=C1C(C(=O)OCC)C2c3ccccc3C=CN2C1(C(=O)OC)C(=O)OC. The summed E-state index contributed by atoms with van der Waals surface area (Å²) in [5.41, 5.74) is -0.221. The first kappa shape index (κ1) is 18.7. The van der Waals surface area contributed by atoms with E-state index in [4.69, 9.17) is 14.2 Å². The van der Waals surface area contributed by atoms with Crippen molar-refractivity contribution < 1.29 is 28.6 Å². The van der Waals surface area contributed by atoms with Gasteiger partial charge in [0, 0.05) is 6.20 Å². The van der Waals surface area contributed by atoms with Gasteiger partial charge in [0.25, 0.3) is 5.54 Å². The zero-order valence-corrected chi connectivity index (χ0v) is 15.4. The molecule has 3 rings (SSSR count). The molecule has 0 aliphatic carbocycles. The molecule has 0 saturated carbocycles. The second-order valence-electron chi connectivity index (χ2n) is 6.25. The van der Waals surface area contributed by atoms with Crippen LogP contribution in [0.3, 0.4) is 0 Å². The summed E-state index contributed by atoms with van der Waals surface area (Å²) < 4.78 is 15.1. The zero-order chi connectivity index (χ0) is 19.8. The number of esters is 3. The van der Waals surface area contributed by atoms with Gasteiger partial charge in [-0.2, -0.15) is 0 Å². The second kappa shape index (κ2) is 6.90. The van der Waals surface area contributed by atoms with Crippen molar-refractivity contribution in [3.63, 3.8) is 0 Å². The highest BCUT2D eigenvalue weighted by atomic mass is 16.6. The predicted octanol–water partition coefficient (Wildman–Crippen LogP) is 1.85. The van der Waals surface area contributed by atoms with E-state index in [0.717, 1.165) is 11.1 Å². The molecule has 1 aromatic carbocycles. The minimum absolute atomic E-state index is 0.0750. The maximum atomic E-state index is 12.8. The quantitative estimate of drug-likeness (QED) is 0.346. The van der Waals surface area contributed by atoms with Gasteiger partial charge in [-0.05, 0) is 29.7 Å². The van der Waals surface area contributed by atoms with Crippen molar-refractivity contribution in [2.24, 2.45) is 5.92 Å². The molecular formula is C20H21NO6. The molecule has 2 aliphatic heterocycles. The van der Waals surface area contributed by atoms with E-state index in [1.54, 1.807) is 19.2 Å². The maximum Gasteiger partial charge on any atom is 0.348 e. The zero-order valence-electron chi connectivity index (χ0n) is 15.4. The van der Waals surface area contributed by atoms with Gasteiger partial charge in [0.05, 0.1) is 26.9 Å². The van der Waals surface area contributed by atoms with E-state index in [9.17, 15) is 14.4 Å². The summed E-state index contributed by atoms with van der Waals surface area (Å²) in [5, 5.41) is 0. The monoisotopic (exact) mass is 371 g/mol. The maximum absolute atomic E-state index is 12.8. The van der Waals surface area contributed by atoms with Gasteiger partial charge in [0.1, 0.15) is 5.92 Å². The first-order valence-corrected chi connectivity index (χ1v) is 8.53. The number of hydrogen-bond acceptors (Lipinski definition) is 7. The van der Waals surface area contributed by atoms with Gasteiger partial charge in [-0.1, -0.05) is 30.8 Å². The second-order valence-corrected chi connectivity index (χ2v) is 6.25. The Morgan fingerprint density at radius 3 is 2.37 bits per heavy atom. The van der Waals surface area contributed by atoms with Crippen molar-refractivity contribution in [2.75, 3.05) is 20.8 Å². The Hall–Kier alpha value is -3.09. The molecule has 1 saturated heterocycles.